The smallest absolute Gasteiger partial charge is 0.252 e. The zero-order chi connectivity index (χ0) is 20.4. The van der Waals surface area contributed by atoms with Crippen LogP contribution in [0.25, 0.3) is 22.2 Å². The summed E-state index contributed by atoms with van der Waals surface area (Å²) in [7, 11) is 0. The Labute approximate surface area is 171 Å². The van der Waals surface area contributed by atoms with Crippen molar-refractivity contribution in [3.63, 3.8) is 0 Å². The normalized spacial score (nSPS) is 12.0. The zero-order valence-corrected chi connectivity index (χ0v) is 16.9. The summed E-state index contributed by atoms with van der Waals surface area (Å²) >= 11 is 0. The quantitative estimate of drug-likeness (QED) is 0.471. The minimum absolute atomic E-state index is 0.0827. The summed E-state index contributed by atoms with van der Waals surface area (Å²) < 4.78 is 0. The number of nitrogens with one attached hydrogen (secondary N) is 1. The first-order valence-corrected chi connectivity index (χ1v) is 9.86. The van der Waals surface area contributed by atoms with Crippen molar-refractivity contribution in [3.05, 3.63) is 101 Å². The van der Waals surface area contributed by atoms with Crippen LogP contribution in [0.1, 0.15) is 40.0 Å². The van der Waals surface area contributed by atoms with Gasteiger partial charge in [0.2, 0.25) is 0 Å². The van der Waals surface area contributed by atoms with Crippen molar-refractivity contribution < 1.29 is 4.79 Å². The minimum Gasteiger partial charge on any atom is -0.345 e. The number of fused-ring (bicyclic) bond motifs is 1. The van der Waals surface area contributed by atoms with Crippen molar-refractivity contribution in [1.29, 1.82) is 0 Å². The molecule has 144 valence electrons. The first kappa shape index (κ1) is 18.9. The number of benzene rings is 3. The number of aromatic nitrogens is 1. The maximum absolute atomic E-state index is 13.2. The van der Waals surface area contributed by atoms with Crippen LogP contribution >= 0.6 is 0 Å². The largest absolute Gasteiger partial charge is 0.345 e. The maximum Gasteiger partial charge on any atom is 0.252 e. The number of nitrogens with zero attached hydrogens (tertiary/aromatic N) is 1. The van der Waals surface area contributed by atoms with Gasteiger partial charge in [0, 0.05) is 10.9 Å². The van der Waals surface area contributed by atoms with E-state index in [0.717, 1.165) is 27.7 Å². The van der Waals surface area contributed by atoms with Crippen LogP contribution in [-0.4, -0.2) is 10.9 Å². The van der Waals surface area contributed by atoms with Crippen LogP contribution in [0.3, 0.4) is 0 Å². The number of hydrogen-bond donors (Lipinski definition) is 1. The molecule has 0 saturated heterocycles. The number of amides is 1. The highest BCUT2D eigenvalue weighted by atomic mass is 16.1. The molecule has 0 aliphatic carbocycles. The number of carbonyl (C=O) groups excluding carboxylic acids is 1. The van der Waals surface area contributed by atoms with E-state index in [-0.39, 0.29) is 11.9 Å². The molecule has 3 aromatic carbocycles. The number of pyridine rings is 1. The van der Waals surface area contributed by atoms with Gasteiger partial charge in [0.25, 0.3) is 5.91 Å². The van der Waals surface area contributed by atoms with Gasteiger partial charge in [-0.3, -0.25) is 4.79 Å². The van der Waals surface area contributed by atoms with Crippen LogP contribution in [0.2, 0.25) is 0 Å². The van der Waals surface area contributed by atoms with E-state index in [9.17, 15) is 4.79 Å². The predicted octanol–water partition coefficient (Wildman–Crippen LogP) is 6.01. The highest BCUT2D eigenvalue weighted by Gasteiger charge is 2.16. The van der Waals surface area contributed by atoms with Gasteiger partial charge in [0.1, 0.15) is 0 Å². The Morgan fingerprint density at radius 2 is 1.59 bits per heavy atom. The van der Waals surface area contributed by atoms with Crippen molar-refractivity contribution in [2.75, 3.05) is 0 Å². The van der Waals surface area contributed by atoms with Gasteiger partial charge in [0.15, 0.2) is 0 Å². The third kappa shape index (κ3) is 3.90. The van der Waals surface area contributed by atoms with Crippen LogP contribution in [0.5, 0.6) is 0 Å². The van der Waals surface area contributed by atoms with Crippen LogP contribution in [-0.2, 0) is 0 Å². The van der Waals surface area contributed by atoms with E-state index in [0.29, 0.717) is 5.56 Å². The first-order chi connectivity index (χ1) is 14.0. The summed E-state index contributed by atoms with van der Waals surface area (Å²) in [5.41, 5.74) is 6.82. The van der Waals surface area contributed by atoms with E-state index in [4.69, 9.17) is 4.98 Å². The van der Waals surface area contributed by atoms with Gasteiger partial charge in [-0.25, -0.2) is 4.98 Å². The fourth-order valence-electron chi connectivity index (χ4n) is 3.51. The lowest BCUT2D eigenvalue weighted by Crippen LogP contribution is -2.27. The minimum atomic E-state index is -0.0926. The van der Waals surface area contributed by atoms with Crippen LogP contribution in [0.15, 0.2) is 78.9 Å². The van der Waals surface area contributed by atoms with Crippen LogP contribution in [0.4, 0.5) is 0 Å². The van der Waals surface area contributed by atoms with Crippen molar-refractivity contribution in [2.24, 2.45) is 0 Å². The number of aryl methyl sites for hydroxylation is 2. The summed E-state index contributed by atoms with van der Waals surface area (Å²) in [5.74, 6) is -0.0926. The molecular formula is C26H24N2O. The lowest BCUT2D eigenvalue weighted by atomic mass is 10.00. The molecule has 4 rings (SSSR count). The molecule has 0 radical (unpaired) electrons. The number of hydrogen-bond acceptors (Lipinski definition) is 2. The SMILES string of the molecule is Cc1ccc(-c2cc(C(=O)N[C@H](C)c3ccccc3)c3ccccc3n2)cc1C. The molecule has 0 bridgehead atoms. The number of para-hydroxylation sites is 1. The second-order valence-electron chi connectivity index (χ2n) is 7.48. The lowest BCUT2D eigenvalue weighted by Gasteiger charge is -2.16. The molecule has 1 atom stereocenters. The van der Waals surface area contributed by atoms with E-state index < -0.39 is 0 Å². The molecule has 0 saturated carbocycles. The summed E-state index contributed by atoms with van der Waals surface area (Å²) in [6.07, 6.45) is 0. The van der Waals surface area contributed by atoms with Crippen LogP contribution in [0, 0.1) is 13.8 Å². The molecule has 3 nitrogen and oxygen atoms in total. The van der Waals surface area contributed by atoms with Gasteiger partial charge < -0.3 is 5.32 Å². The Morgan fingerprint density at radius 1 is 0.862 bits per heavy atom. The highest BCUT2D eigenvalue weighted by Crippen LogP contribution is 2.27. The van der Waals surface area contributed by atoms with Gasteiger partial charge in [-0.05, 0) is 55.7 Å². The van der Waals surface area contributed by atoms with Gasteiger partial charge in [0.05, 0.1) is 22.8 Å². The van der Waals surface area contributed by atoms with Gasteiger partial charge >= 0.3 is 0 Å². The summed E-state index contributed by atoms with van der Waals surface area (Å²) in [6.45, 7) is 6.19. The van der Waals surface area contributed by atoms with Crippen molar-refractivity contribution >= 4 is 16.8 Å². The number of rotatable bonds is 4. The molecule has 0 aliphatic heterocycles. The molecule has 4 aromatic rings. The molecule has 29 heavy (non-hydrogen) atoms. The predicted molar refractivity (Wildman–Crippen MR) is 119 cm³/mol. The van der Waals surface area contributed by atoms with Crippen molar-refractivity contribution in [1.82, 2.24) is 10.3 Å². The molecule has 1 amide bonds. The molecule has 1 aromatic heterocycles. The Morgan fingerprint density at radius 3 is 2.34 bits per heavy atom. The molecular weight excluding hydrogens is 356 g/mol. The zero-order valence-electron chi connectivity index (χ0n) is 16.9. The molecule has 0 aliphatic rings. The molecule has 1 heterocycles. The summed E-state index contributed by atoms with van der Waals surface area (Å²) in [6, 6.07) is 25.9. The van der Waals surface area contributed by atoms with Crippen molar-refractivity contribution in [2.45, 2.75) is 26.8 Å². The molecule has 3 heteroatoms. The molecule has 0 unspecified atom stereocenters. The summed E-state index contributed by atoms with van der Waals surface area (Å²) in [4.78, 5) is 18.0. The average Bonchev–Trinajstić information content (AvgIpc) is 2.75. The fraction of sp³-hybridized carbons (Fsp3) is 0.154. The van der Waals surface area contributed by atoms with E-state index >= 15 is 0 Å². The van der Waals surface area contributed by atoms with Crippen LogP contribution < -0.4 is 5.32 Å². The Kier molecular flexibility index (Phi) is 5.13. The second-order valence-corrected chi connectivity index (χ2v) is 7.48. The first-order valence-electron chi connectivity index (χ1n) is 9.86. The maximum atomic E-state index is 13.2. The van der Waals surface area contributed by atoms with E-state index in [1.807, 2.05) is 67.6 Å². The Bertz CT molecular complexity index is 1180. The van der Waals surface area contributed by atoms with E-state index in [1.165, 1.54) is 11.1 Å². The lowest BCUT2D eigenvalue weighted by molar-refractivity contribution is 0.0941. The van der Waals surface area contributed by atoms with E-state index in [1.54, 1.807) is 0 Å². The second kappa shape index (κ2) is 7.88. The molecule has 0 fully saturated rings. The highest BCUT2D eigenvalue weighted by molar-refractivity contribution is 6.07. The van der Waals surface area contributed by atoms with Crippen molar-refractivity contribution in [3.8, 4) is 11.3 Å². The molecule has 1 N–H and O–H groups in total. The average molecular weight is 380 g/mol. The van der Waals surface area contributed by atoms with Gasteiger partial charge in [-0.1, -0.05) is 60.7 Å². The van der Waals surface area contributed by atoms with Gasteiger partial charge in [-0.15, -0.1) is 0 Å². The monoisotopic (exact) mass is 380 g/mol. The standard InChI is InChI=1S/C26H24N2O/c1-17-13-14-21(15-18(17)2)25-16-23(22-11-7-8-12-24(22)28-25)26(29)27-19(3)20-9-5-4-6-10-20/h4-16,19H,1-3H3,(H,27,29)/t19-/m1/s1. The fourth-order valence-corrected chi connectivity index (χ4v) is 3.51. The molecule has 0 spiro atoms. The third-order valence-electron chi connectivity index (χ3n) is 5.41. The van der Waals surface area contributed by atoms with Gasteiger partial charge in [-0.2, -0.15) is 0 Å². The Hall–Kier alpha value is -3.46. The topological polar surface area (TPSA) is 42.0 Å². The number of carbonyl (C=O) groups is 1. The third-order valence-corrected chi connectivity index (χ3v) is 5.41. The Balaban J connectivity index is 1.76. The summed E-state index contributed by atoms with van der Waals surface area (Å²) in [5, 5.41) is 4.00. The van der Waals surface area contributed by atoms with E-state index in [2.05, 4.69) is 37.4 Å².